The van der Waals surface area contributed by atoms with Gasteiger partial charge in [0.05, 0.1) is 14.2 Å². The molecule has 0 saturated heterocycles. The predicted molar refractivity (Wildman–Crippen MR) is 67.3 cm³/mol. The number of carbonyl (C=O) groups excluding carboxylic acids is 2. The smallest absolute Gasteiger partial charge is 0.344 e. The minimum absolute atomic E-state index is 0.125. The second kappa shape index (κ2) is 6.81. The van der Waals surface area contributed by atoms with Gasteiger partial charge in [-0.3, -0.25) is 0 Å². The topological polar surface area (TPSA) is 52.6 Å². The lowest BCUT2D eigenvalue weighted by atomic mass is 10.1. The number of hydrogen-bond acceptors (Lipinski definition) is 4. The maximum atomic E-state index is 11.4. The summed E-state index contributed by atoms with van der Waals surface area (Å²) in [4.78, 5) is 22.8. The number of allylic oxidation sites excluding steroid dienone is 1. The highest BCUT2D eigenvalue weighted by Crippen LogP contribution is 2.12. The van der Waals surface area contributed by atoms with Crippen LogP contribution in [0.1, 0.15) is 5.56 Å². The molecule has 0 unspecified atom stereocenters. The lowest BCUT2D eigenvalue weighted by Gasteiger charge is -2.03. The monoisotopic (exact) mass is 268 g/mol. The Bertz CT molecular complexity index is 462. The standard InChI is InChI=1S/C13H13ClO4/c1-17-12(15)11(13(16)18-2)7-6-9-4-3-5-10(14)8-9/h3-5,7-8H,6H2,1-2H3. The van der Waals surface area contributed by atoms with Crippen LogP contribution in [0.3, 0.4) is 0 Å². The number of methoxy groups -OCH3 is 2. The van der Waals surface area contributed by atoms with Crippen molar-refractivity contribution >= 4 is 23.5 Å². The molecule has 1 rings (SSSR count). The molecular formula is C13H13ClO4. The molecule has 0 saturated carbocycles. The van der Waals surface area contributed by atoms with Crippen molar-refractivity contribution in [2.45, 2.75) is 6.42 Å². The average Bonchev–Trinajstić information content (AvgIpc) is 2.38. The van der Waals surface area contributed by atoms with E-state index >= 15 is 0 Å². The molecule has 18 heavy (non-hydrogen) atoms. The molecule has 0 aliphatic rings. The Balaban J connectivity index is 2.90. The average molecular weight is 269 g/mol. The fourth-order valence-corrected chi connectivity index (χ4v) is 1.57. The Morgan fingerprint density at radius 3 is 2.33 bits per heavy atom. The van der Waals surface area contributed by atoms with Crippen molar-refractivity contribution in [2.75, 3.05) is 14.2 Å². The molecule has 96 valence electrons. The molecule has 0 amide bonds. The maximum Gasteiger partial charge on any atom is 0.344 e. The zero-order valence-corrected chi connectivity index (χ0v) is 10.9. The Labute approximate surface area is 110 Å². The maximum absolute atomic E-state index is 11.4. The molecule has 1 aromatic rings. The zero-order valence-electron chi connectivity index (χ0n) is 10.1. The van der Waals surface area contributed by atoms with E-state index in [1.807, 2.05) is 6.07 Å². The first kappa shape index (κ1) is 14.3. The molecule has 0 bridgehead atoms. The number of hydrogen-bond donors (Lipinski definition) is 0. The van der Waals surface area contributed by atoms with Crippen molar-refractivity contribution in [1.82, 2.24) is 0 Å². The molecule has 0 atom stereocenters. The fourth-order valence-electron chi connectivity index (χ4n) is 1.35. The van der Waals surface area contributed by atoms with Crippen molar-refractivity contribution in [3.8, 4) is 0 Å². The van der Waals surface area contributed by atoms with Crippen LogP contribution in [0.2, 0.25) is 5.02 Å². The quantitative estimate of drug-likeness (QED) is 0.363. The summed E-state index contributed by atoms with van der Waals surface area (Å²) in [6, 6.07) is 7.14. The first-order valence-corrected chi connectivity index (χ1v) is 5.57. The van der Waals surface area contributed by atoms with E-state index in [-0.39, 0.29) is 5.57 Å². The number of ether oxygens (including phenoxy) is 2. The summed E-state index contributed by atoms with van der Waals surface area (Å²) in [5.74, 6) is -1.44. The summed E-state index contributed by atoms with van der Waals surface area (Å²) in [7, 11) is 2.41. The summed E-state index contributed by atoms with van der Waals surface area (Å²) in [6.45, 7) is 0. The highest BCUT2D eigenvalue weighted by Gasteiger charge is 2.18. The van der Waals surface area contributed by atoms with Crippen molar-refractivity contribution in [3.05, 3.63) is 46.5 Å². The first-order valence-electron chi connectivity index (χ1n) is 5.19. The van der Waals surface area contributed by atoms with E-state index in [1.54, 1.807) is 18.2 Å². The lowest BCUT2D eigenvalue weighted by Crippen LogP contribution is -2.16. The Morgan fingerprint density at radius 2 is 1.83 bits per heavy atom. The zero-order chi connectivity index (χ0) is 13.5. The Morgan fingerprint density at radius 1 is 1.22 bits per heavy atom. The van der Waals surface area contributed by atoms with Crippen LogP contribution in [0.5, 0.6) is 0 Å². The van der Waals surface area contributed by atoms with Crippen molar-refractivity contribution in [3.63, 3.8) is 0 Å². The second-order valence-electron chi connectivity index (χ2n) is 3.44. The van der Waals surface area contributed by atoms with Gasteiger partial charge in [-0.25, -0.2) is 9.59 Å². The molecule has 0 N–H and O–H groups in total. The summed E-state index contributed by atoms with van der Waals surface area (Å²) < 4.78 is 9.03. The van der Waals surface area contributed by atoms with Crippen molar-refractivity contribution in [2.24, 2.45) is 0 Å². The van der Waals surface area contributed by atoms with Crippen LogP contribution < -0.4 is 0 Å². The fraction of sp³-hybridized carbons (Fsp3) is 0.231. The molecular weight excluding hydrogens is 256 g/mol. The summed E-state index contributed by atoms with van der Waals surface area (Å²) in [5.41, 5.74) is 0.757. The van der Waals surface area contributed by atoms with Crippen LogP contribution in [0, 0.1) is 0 Å². The van der Waals surface area contributed by atoms with E-state index in [0.717, 1.165) is 5.56 Å². The van der Waals surface area contributed by atoms with Crippen molar-refractivity contribution in [1.29, 1.82) is 0 Å². The van der Waals surface area contributed by atoms with Crippen molar-refractivity contribution < 1.29 is 19.1 Å². The number of benzene rings is 1. The van der Waals surface area contributed by atoms with Crippen LogP contribution >= 0.6 is 11.6 Å². The molecule has 0 fully saturated rings. The van der Waals surface area contributed by atoms with Gasteiger partial charge in [0.25, 0.3) is 0 Å². The molecule has 0 aromatic heterocycles. The van der Waals surface area contributed by atoms with E-state index in [2.05, 4.69) is 9.47 Å². The van der Waals surface area contributed by atoms with Crippen LogP contribution in [-0.2, 0) is 25.5 Å². The van der Waals surface area contributed by atoms with Gasteiger partial charge in [-0.15, -0.1) is 0 Å². The first-order chi connectivity index (χ1) is 8.58. The summed E-state index contributed by atoms with van der Waals surface area (Å²) in [5, 5.41) is 0.596. The number of esters is 2. The highest BCUT2D eigenvalue weighted by molar-refractivity contribution is 6.30. The molecule has 1 aromatic carbocycles. The molecule has 0 spiro atoms. The van der Waals surface area contributed by atoms with Gasteiger partial charge in [0.1, 0.15) is 5.57 Å². The van der Waals surface area contributed by atoms with Gasteiger partial charge >= 0.3 is 11.9 Å². The van der Waals surface area contributed by atoms with Gasteiger partial charge in [-0.05, 0) is 24.1 Å². The second-order valence-corrected chi connectivity index (χ2v) is 3.87. The van der Waals surface area contributed by atoms with Crippen LogP contribution in [0.4, 0.5) is 0 Å². The minimum Gasteiger partial charge on any atom is -0.465 e. The van der Waals surface area contributed by atoms with Gasteiger partial charge in [-0.1, -0.05) is 29.8 Å². The van der Waals surface area contributed by atoms with Crippen LogP contribution in [0.25, 0.3) is 0 Å². The third-order valence-electron chi connectivity index (χ3n) is 2.24. The number of halogens is 1. The predicted octanol–water partition coefficient (Wildman–Crippen LogP) is 2.15. The van der Waals surface area contributed by atoms with Gasteiger partial charge in [0.2, 0.25) is 0 Å². The number of carbonyl (C=O) groups is 2. The molecule has 0 aliphatic heterocycles. The summed E-state index contributed by atoms with van der Waals surface area (Å²) in [6.07, 6.45) is 1.85. The largest absolute Gasteiger partial charge is 0.465 e. The van der Waals surface area contributed by atoms with Crippen LogP contribution in [-0.4, -0.2) is 26.2 Å². The Hall–Kier alpha value is -1.81. The molecule has 5 heteroatoms. The molecule has 0 radical (unpaired) electrons. The Kier molecular flexibility index (Phi) is 5.39. The van der Waals surface area contributed by atoms with Gasteiger partial charge < -0.3 is 9.47 Å². The van der Waals surface area contributed by atoms with Crippen LogP contribution in [0.15, 0.2) is 35.9 Å². The van der Waals surface area contributed by atoms with Gasteiger partial charge in [0.15, 0.2) is 0 Å². The third kappa shape index (κ3) is 3.89. The van der Waals surface area contributed by atoms with Gasteiger partial charge in [0, 0.05) is 5.02 Å². The normalized spacial score (nSPS) is 9.50. The van der Waals surface area contributed by atoms with E-state index in [4.69, 9.17) is 11.6 Å². The van der Waals surface area contributed by atoms with E-state index in [1.165, 1.54) is 20.3 Å². The molecule has 4 nitrogen and oxygen atoms in total. The van der Waals surface area contributed by atoms with E-state index in [0.29, 0.717) is 11.4 Å². The van der Waals surface area contributed by atoms with E-state index in [9.17, 15) is 9.59 Å². The SMILES string of the molecule is COC(=O)C(=CCc1cccc(Cl)c1)C(=O)OC. The van der Waals surface area contributed by atoms with Gasteiger partial charge in [-0.2, -0.15) is 0 Å². The number of rotatable bonds is 4. The van der Waals surface area contributed by atoms with E-state index < -0.39 is 11.9 Å². The molecule has 0 heterocycles. The summed E-state index contributed by atoms with van der Waals surface area (Å²) >= 11 is 5.84. The minimum atomic E-state index is -0.719. The third-order valence-corrected chi connectivity index (χ3v) is 2.48. The lowest BCUT2D eigenvalue weighted by molar-refractivity contribution is -0.144. The highest BCUT2D eigenvalue weighted by atomic mass is 35.5. The molecule has 0 aliphatic carbocycles.